The predicted molar refractivity (Wildman–Crippen MR) is 76.0 cm³/mol. The normalized spacial score (nSPS) is 19.2. The van der Waals surface area contributed by atoms with E-state index in [-0.39, 0.29) is 5.82 Å². The van der Waals surface area contributed by atoms with Crippen LogP contribution in [-0.2, 0) is 0 Å². The van der Waals surface area contributed by atoms with Crippen molar-refractivity contribution in [3.05, 3.63) is 0 Å². The second-order valence-corrected chi connectivity index (χ2v) is 7.47. The molecular formula is C15H31B. The first-order valence-corrected chi connectivity index (χ1v) is 6.77. The molecule has 0 fully saturated rings. The first-order chi connectivity index (χ1) is 7.01. The van der Waals surface area contributed by atoms with Gasteiger partial charge in [-0.1, -0.05) is 67.6 Å². The van der Waals surface area contributed by atoms with Crippen LogP contribution in [-0.4, -0.2) is 7.85 Å². The number of hydrogen-bond donors (Lipinski definition) is 0. The van der Waals surface area contributed by atoms with Crippen LogP contribution in [0.2, 0.25) is 5.82 Å². The Balaban J connectivity index is 4.80. The fraction of sp³-hybridized carbons (Fsp3) is 1.00. The maximum atomic E-state index is 6.22. The third-order valence-corrected chi connectivity index (χ3v) is 3.93. The second kappa shape index (κ2) is 5.60. The van der Waals surface area contributed by atoms with Crippen LogP contribution in [0.15, 0.2) is 0 Å². The van der Waals surface area contributed by atoms with Gasteiger partial charge in [-0.25, -0.2) is 0 Å². The van der Waals surface area contributed by atoms with Gasteiger partial charge in [0.25, 0.3) is 0 Å². The van der Waals surface area contributed by atoms with Gasteiger partial charge >= 0.3 is 0 Å². The minimum absolute atomic E-state index is 0.285. The van der Waals surface area contributed by atoms with Gasteiger partial charge in [-0.05, 0) is 29.1 Å². The molecule has 0 rings (SSSR count). The Morgan fingerprint density at radius 1 is 1.00 bits per heavy atom. The van der Waals surface area contributed by atoms with Crippen molar-refractivity contribution in [1.29, 1.82) is 0 Å². The van der Waals surface area contributed by atoms with Crippen LogP contribution in [0.1, 0.15) is 68.2 Å². The molecule has 3 atom stereocenters. The van der Waals surface area contributed by atoms with Crippen molar-refractivity contribution in [2.75, 3.05) is 0 Å². The molecule has 0 aromatic heterocycles. The van der Waals surface area contributed by atoms with E-state index in [2.05, 4.69) is 55.4 Å². The summed E-state index contributed by atoms with van der Waals surface area (Å²) in [5, 5.41) is 0. The van der Waals surface area contributed by atoms with Crippen molar-refractivity contribution in [3.8, 4) is 0 Å². The van der Waals surface area contributed by atoms with Crippen molar-refractivity contribution in [2.24, 2.45) is 22.7 Å². The van der Waals surface area contributed by atoms with E-state index in [0.717, 1.165) is 0 Å². The molecular weight excluding hydrogens is 191 g/mol. The first kappa shape index (κ1) is 16.1. The summed E-state index contributed by atoms with van der Waals surface area (Å²) in [6.07, 6.45) is 2.45. The Morgan fingerprint density at radius 3 is 1.69 bits per heavy atom. The van der Waals surface area contributed by atoms with Crippen LogP contribution >= 0.6 is 0 Å². The molecule has 0 aliphatic carbocycles. The van der Waals surface area contributed by atoms with Gasteiger partial charge in [0.2, 0.25) is 0 Å². The van der Waals surface area contributed by atoms with Crippen molar-refractivity contribution in [1.82, 2.24) is 0 Å². The largest absolute Gasteiger partial charge is 0.0766 e. The highest BCUT2D eigenvalue weighted by atomic mass is 14.4. The van der Waals surface area contributed by atoms with Crippen molar-refractivity contribution in [3.63, 3.8) is 0 Å². The molecule has 0 spiro atoms. The minimum Gasteiger partial charge on any atom is -0.0766 e. The number of hydrogen-bond acceptors (Lipinski definition) is 0. The molecule has 0 aromatic rings. The lowest BCUT2D eigenvalue weighted by Crippen LogP contribution is -2.33. The molecule has 94 valence electrons. The lowest BCUT2D eigenvalue weighted by atomic mass is 9.58. The van der Waals surface area contributed by atoms with Crippen LogP contribution in [0.5, 0.6) is 0 Å². The zero-order valence-electron chi connectivity index (χ0n) is 12.7. The lowest BCUT2D eigenvalue weighted by molar-refractivity contribution is 0.107. The summed E-state index contributed by atoms with van der Waals surface area (Å²) in [6.45, 7) is 18.5. The van der Waals surface area contributed by atoms with E-state index in [1.165, 1.54) is 12.8 Å². The zero-order chi connectivity index (χ0) is 13.1. The monoisotopic (exact) mass is 222 g/mol. The van der Waals surface area contributed by atoms with Gasteiger partial charge in [0.1, 0.15) is 0 Å². The molecule has 0 saturated carbocycles. The molecule has 0 saturated heterocycles. The van der Waals surface area contributed by atoms with E-state index in [1.807, 2.05) is 0 Å². The van der Waals surface area contributed by atoms with E-state index in [0.29, 0.717) is 22.7 Å². The molecule has 3 unspecified atom stereocenters. The quantitative estimate of drug-likeness (QED) is 0.568. The summed E-state index contributed by atoms with van der Waals surface area (Å²) in [4.78, 5) is 0. The fourth-order valence-corrected chi connectivity index (χ4v) is 3.33. The van der Waals surface area contributed by atoms with Crippen molar-refractivity contribution >= 4 is 7.85 Å². The highest BCUT2D eigenvalue weighted by Crippen LogP contribution is 2.45. The molecule has 0 N–H and O–H groups in total. The Labute approximate surface area is 105 Å². The molecule has 1 heteroatoms. The van der Waals surface area contributed by atoms with Gasteiger partial charge in [0.05, 0.1) is 7.85 Å². The lowest BCUT2D eigenvalue weighted by Gasteiger charge is -2.43. The van der Waals surface area contributed by atoms with Crippen molar-refractivity contribution in [2.45, 2.75) is 74.0 Å². The highest BCUT2D eigenvalue weighted by molar-refractivity contribution is 6.11. The Hall–Kier alpha value is 0.0649. The molecule has 0 aromatic carbocycles. The maximum Gasteiger partial charge on any atom is 0.0699 e. The molecule has 2 radical (unpaired) electrons. The Bertz CT molecular complexity index is 198. The van der Waals surface area contributed by atoms with Crippen LogP contribution in [0.25, 0.3) is 0 Å². The fourth-order valence-electron chi connectivity index (χ4n) is 3.33. The zero-order valence-corrected chi connectivity index (χ0v) is 12.7. The summed E-state index contributed by atoms with van der Waals surface area (Å²) in [6, 6.07) is 0. The molecule has 0 bridgehead atoms. The molecule has 0 aliphatic heterocycles. The summed E-state index contributed by atoms with van der Waals surface area (Å²) < 4.78 is 0. The molecule has 0 nitrogen and oxygen atoms in total. The second-order valence-electron chi connectivity index (χ2n) is 7.47. The first-order valence-electron chi connectivity index (χ1n) is 6.77. The maximum absolute atomic E-state index is 6.22. The van der Waals surface area contributed by atoms with Gasteiger partial charge in [0.15, 0.2) is 0 Å². The average molecular weight is 222 g/mol. The Morgan fingerprint density at radius 2 is 1.44 bits per heavy atom. The van der Waals surface area contributed by atoms with E-state index in [1.54, 1.807) is 0 Å². The van der Waals surface area contributed by atoms with Crippen LogP contribution in [0.3, 0.4) is 0 Å². The molecule has 0 aliphatic rings. The minimum atomic E-state index is 0.285. The summed E-state index contributed by atoms with van der Waals surface area (Å²) >= 11 is 0. The highest BCUT2D eigenvalue weighted by Gasteiger charge is 2.35. The molecule has 16 heavy (non-hydrogen) atoms. The standard InChI is InChI=1S/C15H31B/c1-9-15(7,8)13(12(3)16)11(2)10-14(4,5)6/h11-13H,9-10H2,1-8H3. The van der Waals surface area contributed by atoms with Crippen LogP contribution in [0.4, 0.5) is 0 Å². The third-order valence-electron chi connectivity index (χ3n) is 3.93. The van der Waals surface area contributed by atoms with E-state index in [4.69, 9.17) is 7.85 Å². The van der Waals surface area contributed by atoms with Gasteiger partial charge in [0, 0.05) is 0 Å². The summed E-state index contributed by atoms with van der Waals surface area (Å²) in [5.74, 6) is 1.58. The van der Waals surface area contributed by atoms with Gasteiger partial charge in [-0.15, -0.1) is 0 Å². The van der Waals surface area contributed by atoms with Gasteiger partial charge in [-0.3, -0.25) is 0 Å². The SMILES string of the molecule is [B]C(C)C(C(C)CC(C)(C)C)C(C)(C)CC. The topological polar surface area (TPSA) is 0 Å². The van der Waals surface area contributed by atoms with Gasteiger partial charge in [-0.2, -0.15) is 0 Å². The molecule has 0 heterocycles. The summed E-state index contributed by atoms with van der Waals surface area (Å²) in [5.41, 5.74) is 0.745. The summed E-state index contributed by atoms with van der Waals surface area (Å²) in [7, 11) is 6.22. The van der Waals surface area contributed by atoms with E-state index >= 15 is 0 Å². The van der Waals surface area contributed by atoms with E-state index < -0.39 is 0 Å². The van der Waals surface area contributed by atoms with Crippen molar-refractivity contribution < 1.29 is 0 Å². The third kappa shape index (κ3) is 4.93. The predicted octanol–water partition coefficient (Wildman–Crippen LogP) is 5.09. The van der Waals surface area contributed by atoms with Crippen LogP contribution < -0.4 is 0 Å². The molecule has 0 amide bonds. The average Bonchev–Trinajstić information content (AvgIpc) is 1.98. The Kier molecular flexibility index (Phi) is 5.62. The smallest absolute Gasteiger partial charge is 0.0699 e. The van der Waals surface area contributed by atoms with Crippen LogP contribution in [0, 0.1) is 22.7 Å². The van der Waals surface area contributed by atoms with E-state index in [9.17, 15) is 0 Å². The number of rotatable bonds is 5. The van der Waals surface area contributed by atoms with Gasteiger partial charge < -0.3 is 0 Å².